The van der Waals surface area contributed by atoms with E-state index in [9.17, 15) is 4.79 Å². The number of nitrogens with one attached hydrogen (secondary N) is 1. The first kappa shape index (κ1) is 18.8. The van der Waals surface area contributed by atoms with Crippen molar-refractivity contribution in [3.05, 3.63) is 22.8 Å². The summed E-state index contributed by atoms with van der Waals surface area (Å²) in [5, 5.41) is 3.37. The Morgan fingerprint density at radius 1 is 1.38 bits per heavy atom. The maximum absolute atomic E-state index is 12.3. The van der Waals surface area contributed by atoms with Gasteiger partial charge in [-0.3, -0.25) is 4.90 Å². The highest BCUT2D eigenvalue weighted by atomic mass is 35.5. The van der Waals surface area contributed by atoms with Crippen molar-refractivity contribution >= 4 is 17.6 Å². The number of pyridine rings is 1. The van der Waals surface area contributed by atoms with Crippen LogP contribution < -0.4 is 10.1 Å². The molecule has 6 nitrogen and oxygen atoms in total. The number of ether oxygens (including phenoxy) is 1. The molecule has 1 aromatic heterocycles. The molecule has 1 saturated heterocycles. The van der Waals surface area contributed by atoms with Crippen LogP contribution in [0.3, 0.4) is 0 Å². The number of rotatable bonds is 5. The minimum absolute atomic E-state index is 0.0455. The second kappa shape index (κ2) is 8.03. The minimum atomic E-state index is -0.0455. The number of halogens is 1. The second-order valence-corrected chi connectivity index (χ2v) is 7.04. The van der Waals surface area contributed by atoms with Crippen LogP contribution in [0.2, 0.25) is 5.02 Å². The lowest BCUT2D eigenvalue weighted by atomic mass is 9.98. The van der Waals surface area contributed by atoms with Gasteiger partial charge in [-0.25, -0.2) is 9.78 Å². The van der Waals surface area contributed by atoms with Crippen molar-refractivity contribution in [1.82, 2.24) is 20.1 Å². The van der Waals surface area contributed by atoms with Crippen molar-refractivity contribution in [2.45, 2.75) is 39.3 Å². The molecule has 7 heteroatoms. The number of hydrogen-bond donors (Lipinski definition) is 1. The summed E-state index contributed by atoms with van der Waals surface area (Å²) >= 11 is 6.05. The molecule has 0 unspecified atom stereocenters. The van der Waals surface area contributed by atoms with Crippen LogP contribution in [-0.2, 0) is 6.54 Å². The van der Waals surface area contributed by atoms with Crippen LogP contribution >= 0.6 is 11.6 Å². The average Bonchev–Trinajstić information content (AvgIpc) is 2.60. The summed E-state index contributed by atoms with van der Waals surface area (Å²) in [4.78, 5) is 20.7. The van der Waals surface area contributed by atoms with E-state index in [1.165, 1.54) is 7.11 Å². The molecule has 0 aliphatic carbocycles. The Morgan fingerprint density at radius 2 is 2.04 bits per heavy atom. The van der Waals surface area contributed by atoms with E-state index in [0.717, 1.165) is 38.2 Å². The molecule has 2 heterocycles. The molecule has 1 fully saturated rings. The Kier molecular flexibility index (Phi) is 6.29. The van der Waals surface area contributed by atoms with E-state index in [1.54, 1.807) is 12.3 Å². The Bertz CT molecular complexity index is 572. The van der Waals surface area contributed by atoms with Crippen molar-refractivity contribution in [1.29, 1.82) is 0 Å². The van der Waals surface area contributed by atoms with Crippen LogP contribution in [0.1, 0.15) is 32.8 Å². The molecule has 134 valence electrons. The summed E-state index contributed by atoms with van der Waals surface area (Å²) in [6.07, 6.45) is 2.76. The summed E-state index contributed by atoms with van der Waals surface area (Å²) in [5.74, 6) is 0.390. The zero-order valence-electron chi connectivity index (χ0n) is 14.9. The number of hydrogen-bond acceptors (Lipinski definition) is 4. The van der Waals surface area contributed by atoms with Gasteiger partial charge in [-0.05, 0) is 31.9 Å². The van der Waals surface area contributed by atoms with Crippen LogP contribution in [0.15, 0.2) is 12.3 Å². The van der Waals surface area contributed by atoms with E-state index < -0.39 is 0 Å². The smallest absolute Gasteiger partial charge is 0.317 e. The van der Waals surface area contributed by atoms with Gasteiger partial charge in [0.05, 0.1) is 7.11 Å². The molecular formula is C17H27ClN4O2. The summed E-state index contributed by atoms with van der Waals surface area (Å²) in [6.45, 7) is 10.4. The lowest BCUT2D eigenvalue weighted by Crippen LogP contribution is -2.57. The van der Waals surface area contributed by atoms with Gasteiger partial charge in [-0.15, -0.1) is 0 Å². The predicted molar refractivity (Wildman–Crippen MR) is 95.6 cm³/mol. The Hall–Kier alpha value is -1.53. The van der Waals surface area contributed by atoms with Crippen molar-refractivity contribution in [3.63, 3.8) is 0 Å². The molecule has 24 heavy (non-hydrogen) atoms. The van der Waals surface area contributed by atoms with Gasteiger partial charge in [0.15, 0.2) is 0 Å². The molecule has 1 N–H and O–H groups in total. The molecule has 0 aromatic carbocycles. The lowest BCUT2D eigenvalue weighted by Gasteiger charge is -2.43. The highest BCUT2D eigenvalue weighted by Crippen LogP contribution is 2.22. The van der Waals surface area contributed by atoms with Crippen molar-refractivity contribution in [3.8, 4) is 5.88 Å². The van der Waals surface area contributed by atoms with Gasteiger partial charge in [0.1, 0.15) is 5.02 Å². The molecule has 1 aromatic rings. The van der Waals surface area contributed by atoms with E-state index in [0.29, 0.717) is 17.4 Å². The number of amides is 2. The maximum Gasteiger partial charge on any atom is 0.317 e. The van der Waals surface area contributed by atoms with Gasteiger partial charge < -0.3 is 15.0 Å². The second-order valence-electron chi connectivity index (χ2n) is 6.63. The molecule has 1 aliphatic rings. The number of methoxy groups -OCH3 is 1. The zero-order chi connectivity index (χ0) is 17.7. The van der Waals surface area contributed by atoms with Gasteiger partial charge in [0, 0.05) is 44.5 Å². The monoisotopic (exact) mass is 354 g/mol. The van der Waals surface area contributed by atoms with E-state index in [4.69, 9.17) is 16.3 Å². The molecule has 2 rings (SSSR count). The molecule has 0 spiro atoms. The molecule has 0 atom stereocenters. The SMILES string of the molecule is CCC(C)(C)N1CCN(C(=O)NCc2cnc(OC)c(Cl)c2)CC1. The van der Waals surface area contributed by atoms with E-state index in [2.05, 4.69) is 36.0 Å². The third kappa shape index (κ3) is 4.51. The average molecular weight is 355 g/mol. The fraction of sp³-hybridized carbons (Fsp3) is 0.647. The topological polar surface area (TPSA) is 57.7 Å². The summed E-state index contributed by atoms with van der Waals surface area (Å²) in [6, 6.07) is 1.71. The van der Waals surface area contributed by atoms with Crippen LogP contribution in [-0.4, -0.2) is 59.6 Å². The van der Waals surface area contributed by atoms with Crippen molar-refractivity contribution in [2.75, 3.05) is 33.3 Å². The fourth-order valence-electron chi connectivity index (χ4n) is 2.74. The van der Waals surface area contributed by atoms with E-state index in [1.807, 2.05) is 4.90 Å². The number of piperazine rings is 1. The van der Waals surface area contributed by atoms with Crippen molar-refractivity contribution < 1.29 is 9.53 Å². The van der Waals surface area contributed by atoms with Crippen LogP contribution in [0.5, 0.6) is 5.88 Å². The molecular weight excluding hydrogens is 328 g/mol. The summed E-state index contributed by atoms with van der Waals surface area (Å²) < 4.78 is 5.02. The first-order valence-corrected chi connectivity index (χ1v) is 8.71. The zero-order valence-corrected chi connectivity index (χ0v) is 15.7. The van der Waals surface area contributed by atoms with Crippen LogP contribution in [0, 0.1) is 0 Å². The van der Waals surface area contributed by atoms with Gasteiger partial charge in [0.2, 0.25) is 5.88 Å². The fourth-order valence-corrected chi connectivity index (χ4v) is 3.01. The molecule has 0 bridgehead atoms. The highest BCUT2D eigenvalue weighted by molar-refractivity contribution is 6.31. The highest BCUT2D eigenvalue weighted by Gasteiger charge is 2.29. The number of urea groups is 1. The van der Waals surface area contributed by atoms with E-state index in [-0.39, 0.29) is 11.6 Å². The normalized spacial score (nSPS) is 16.1. The van der Waals surface area contributed by atoms with E-state index >= 15 is 0 Å². The number of carbonyl (C=O) groups is 1. The standard InChI is InChI=1S/C17H27ClN4O2/c1-5-17(2,3)22-8-6-21(7-9-22)16(23)20-12-13-10-14(18)15(24-4)19-11-13/h10-11H,5-9,12H2,1-4H3,(H,20,23). The summed E-state index contributed by atoms with van der Waals surface area (Å²) in [5.41, 5.74) is 1.04. The molecule has 0 saturated carbocycles. The van der Waals surface area contributed by atoms with Crippen LogP contribution in [0.25, 0.3) is 0 Å². The van der Waals surface area contributed by atoms with Gasteiger partial charge in [-0.2, -0.15) is 0 Å². The number of nitrogens with zero attached hydrogens (tertiary/aromatic N) is 3. The molecule has 0 radical (unpaired) electrons. The first-order chi connectivity index (χ1) is 11.4. The van der Waals surface area contributed by atoms with Crippen LogP contribution in [0.4, 0.5) is 4.79 Å². The third-order valence-corrected chi connectivity index (χ3v) is 5.06. The maximum atomic E-state index is 12.3. The lowest BCUT2D eigenvalue weighted by molar-refractivity contribution is 0.0614. The molecule has 1 aliphatic heterocycles. The van der Waals surface area contributed by atoms with Gasteiger partial charge in [0.25, 0.3) is 0 Å². The molecule has 2 amide bonds. The third-order valence-electron chi connectivity index (χ3n) is 4.79. The van der Waals surface area contributed by atoms with Gasteiger partial charge >= 0.3 is 6.03 Å². The summed E-state index contributed by atoms with van der Waals surface area (Å²) in [7, 11) is 1.52. The Morgan fingerprint density at radius 3 is 2.58 bits per heavy atom. The number of aromatic nitrogens is 1. The largest absolute Gasteiger partial charge is 0.480 e. The first-order valence-electron chi connectivity index (χ1n) is 8.33. The quantitative estimate of drug-likeness (QED) is 0.883. The number of carbonyl (C=O) groups excluding carboxylic acids is 1. The Labute approximate surface area is 149 Å². The predicted octanol–water partition coefficient (Wildman–Crippen LogP) is 2.76. The van der Waals surface area contributed by atoms with Crippen molar-refractivity contribution in [2.24, 2.45) is 0 Å². The minimum Gasteiger partial charge on any atom is -0.480 e. The van der Waals surface area contributed by atoms with Gasteiger partial charge in [-0.1, -0.05) is 18.5 Å². The Balaban J connectivity index is 1.83.